The van der Waals surface area contributed by atoms with Gasteiger partial charge in [-0.3, -0.25) is 9.10 Å². The summed E-state index contributed by atoms with van der Waals surface area (Å²) in [6, 6.07) is 10.8. The number of nitrogens with one attached hydrogen (secondary N) is 1. The highest BCUT2D eigenvalue weighted by atomic mass is 35.5. The Kier molecular flexibility index (Phi) is 8.15. The summed E-state index contributed by atoms with van der Waals surface area (Å²) in [5, 5.41) is 3.32. The standard InChI is InChI=1S/C22H29ClN2O4S/c1-15-8-9-16(2)19(13-15)17(3)24-22(26)7-6-12-25(30(5,27)28)18-10-11-21(29-4)20(23)14-18/h8-11,13-14,17H,6-7,12H2,1-5H3,(H,24,26). The van der Waals surface area contributed by atoms with Crippen molar-refractivity contribution in [1.82, 2.24) is 5.32 Å². The molecule has 1 unspecified atom stereocenters. The zero-order valence-electron chi connectivity index (χ0n) is 18.0. The molecule has 0 aliphatic heterocycles. The molecule has 0 radical (unpaired) electrons. The Labute approximate surface area is 184 Å². The van der Waals surface area contributed by atoms with Crippen molar-refractivity contribution >= 4 is 33.2 Å². The monoisotopic (exact) mass is 452 g/mol. The highest BCUT2D eigenvalue weighted by Crippen LogP contribution is 2.30. The van der Waals surface area contributed by atoms with Crippen LogP contribution >= 0.6 is 11.6 Å². The van der Waals surface area contributed by atoms with Gasteiger partial charge in [0.2, 0.25) is 15.9 Å². The lowest BCUT2D eigenvalue weighted by Crippen LogP contribution is -2.32. The number of hydrogen-bond donors (Lipinski definition) is 1. The Bertz CT molecular complexity index is 1010. The largest absolute Gasteiger partial charge is 0.495 e. The van der Waals surface area contributed by atoms with Gasteiger partial charge >= 0.3 is 0 Å². The van der Waals surface area contributed by atoms with Crippen LogP contribution in [-0.4, -0.2) is 34.2 Å². The first-order valence-electron chi connectivity index (χ1n) is 9.70. The fourth-order valence-electron chi connectivity index (χ4n) is 3.30. The van der Waals surface area contributed by atoms with E-state index in [0.717, 1.165) is 22.9 Å². The Morgan fingerprint density at radius 2 is 1.90 bits per heavy atom. The minimum Gasteiger partial charge on any atom is -0.495 e. The number of amides is 1. The van der Waals surface area contributed by atoms with Gasteiger partial charge in [0.1, 0.15) is 5.75 Å². The van der Waals surface area contributed by atoms with E-state index in [1.54, 1.807) is 18.2 Å². The maximum Gasteiger partial charge on any atom is 0.232 e. The average molecular weight is 453 g/mol. The third kappa shape index (κ3) is 6.37. The van der Waals surface area contributed by atoms with Crippen molar-refractivity contribution in [2.75, 3.05) is 24.2 Å². The van der Waals surface area contributed by atoms with Crippen LogP contribution < -0.4 is 14.4 Å². The molecular formula is C22H29ClN2O4S. The minimum atomic E-state index is -3.53. The second kappa shape index (κ2) is 10.2. The quantitative estimate of drug-likeness (QED) is 0.612. The van der Waals surface area contributed by atoms with Gasteiger partial charge in [0.15, 0.2) is 0 Å². The summed E-state index contributed by atoms with van der Waals surface area (Å²) >= 11 is 6.14. The van der Waals surface area contributed by atoms with Crippen LogP contribution in [0.25, 0.3) is 0 Å². The van der Waals surface area contributed by atoms with Crippen molar-refractivity contribution in [2.24, 2.45) is 0 Å². The molecule has 0 aliphatic carbocycles. The van der Waals surface area contributed by atoms with Crippen molar-refractivity contribution in [2.45, 2.75) is 39.7 Å². The highest BCUT2D eigenvalue weighted by Gasteiger charge is 2.19. The lowest BCUT2D eigenvalue weighted by molar-refractivity contribution is -0.121. The van der Waals surface area contributed by atoms with Crippen LogP contribution in [-0.2, 0) is 14.8 Å². The predicted molar refractivity (Wildman–Crippen MR) is 122 cm³/mol. The summed E-state index contributed by atoms with van der Waals surface area (Å²) in [4.78, 5) is 12.4. The van der Waals surface area contributed by atoms with Gasteiger partial charge < -0.3 is 10.1 Å². The van der Waals surface area contributed by atoms with E-state index in [4.69, 9.17) is 16.3 Å². The van der Waals surface area contributed by atoms with Crippen LogP contribution in [0.15, 0.2) is 36.4 Å². The molecule has 0 saturated heterocycles. The number of carbonyl (C=O) groups excluding carboxylic acids is 1. The third-order valence-corrected chi connectivity index (χ3v) is 6.36. The molecule has 0 aliphatic rings. The number of methoxy groups -OCH3 is 1. The van der Waals surface area contributed by atoms with Gasteiger partial charge in [0.25, 0.3) is 0 Å². The van der Waals surface area contributed by atoms with E-state index in [1.165, 1.54) is 11.4 Å². The molecule has 1 atom stereocenters. The summed E-state index contributed by atoms with van der Waals surface area (Å²) in [5.41, 5.74) is 3.77. The summed E-state index contributed by atoms with van der Waals surface area (Å²) in [7, 11) is -2.03. The zero-order chi connectivity index (χ0) is 22.5. The van der Waals surface area contributed by atoms with E-state index < -0.39 is 10.0 Å². The molecule has 164 valence electrons. The van der Waals surface area contributed by atoms with Crippen molar-refractivity contribution in [3.05, 3.63) is 58.1 Å². The maximum absolute atomic E-state index is 12.4. The third-order valence-electron chi connectivity index (χ3n) is 4.87. The number of benzene rings is 2. The van der Waals surface area contributed by atoms with E-state index >= 15 is 0 Å². The molecule has 6 nitrogen and oxygen atoms in total. The average Bonchev–Trinajstić information content (AvgIpc) is 2.66. The van der Waals surface area contributed by atoms with Crippen LogP contribution in [0, 0.1) is 13.8 Å². The zero-order valence-corrected chi connectivity index (χ0v) is 19.6. The number of hydrogen-bond acceptors (Lipinski definition) is 4. The molecule has 0 heterocycles. The summed E-state index contributed by atoms with van der Waals surface area (Å²) < 4.78 is 30.9. The molecule has 1 amide bonds. The molecule has 8 heteroatoms. The lowest BCUT2D eigenvalue weighted by Gasteiger charge is -2.23. The minimum absolute atomic E-state index is 0.121. The van der Waals surface area contributed by atoms with Gasteiger partial charge in [0, 0.05) is 13.0 Å². The molecule has 0 bridgehead atoms. The van der Waals surface area contributed by atoms with E-state index in [1.807, 2.05) is 32.9 Å². The van der Waals surface area contributed by atoms with E-state index in [-0.39, 0.29) is 24.9 Å². The molecule has 1 N–H and O–H groups in total. The first-order valence-corrected chi connectivity index (χ1v) is 11.9. The maximum atomic E-state index is 12.4. The smallest absolute Gasteiger partial charge is 0.232 e. The number of sulfonamides is 1. The molecule has 0 aromatic heterocycles. The van der Waals surface area contributed by atoms with Gasteiger partial charge in [-0.2, -0.15) is 0 Å². The Hall–Kier alpha value is -2.25. The van der Waals surface area contributed by atoms with Crippen LogP contribution in [0.4, 0.5) is 5.69 Å². The summed E-state index contributed by atoms with van der Waals surface area (Å²) in [6.07, 6.45) is 1.72. The number of nitrogens with zero attached hydrogens (tertiary/aromatic N) is 1. The van der Waals surface area contributed by atoms with Crippen LogP contribution in [0.1, 0.15) is 42.5 Å². The molecule has 30 heavy (non-hydrogen) atoms. The van der Waals surface area contributed by atoms with Crippen LogP contribution in [0.3, 0.4) is 0 Å². The SMILES string of the molecule is COc1ccc(N(CCCC(=O)NC(C)c2cc(C)ccc2C)S(C)(=O)=O)cc1Cl. The van der Waals surface area contributed by atoms with Gasteiger partial charge in [-0.15, -0.1) is 0 Å². The molecule has 0 fully saturated rings. The Morgan fingerprint density at radius 3 is 2.50 bits per heavy atom. The second-order valence-corrected chi connectivity index (χ2v) is 9.72. The van der Waals surface area contributed by atoms with E-state index in [9.17, 15) is 13.2 Å². The first-order chi connectivity index (χ1) is 14.0. The van der Waals surface area contributed by atoms with Gasteiger partial charge in [-0.25, -0.2) is 8.42 Å². The molecule has 2 rings (SSSR count). The number of aryl methyl sites for hydroxylation is 2. The van der Waals surface area contributed by atoms with Crippen molar-refractivity contribution in [3.63, 3.8) is 0 Å². The first kappa shape index (κ1) is 24.0. The predicted octanol–water partition coefficient (Wildman–Crippen LogP) is 4.39. The number of carbonyl (C=O) groups is 1. The van der Waals surface area contributed by atoms with Gasteiger partial charge in [0.05, 0.1) is 30.1 Å². The topological polar surface area (TPSA) is 75.7 Å². The van der Waals surface area contributed by atoms with Crippen molar-refractivity contribution < 1.29 is 17.9 Å². The van der Waals surface area contributed by atoms with Gasteiger partial charge in [-0.05, 0) is 56.5 Å². The number of ether oxygens (including phenoxy) is 1. The Morgan fingerprint density at radius 1 is 1.20 bits per heavy atom. The van der Waals surface area contributed by atoms with Gasteiger partial charge in [-0.1, -0.05) is 35.4 Å². The highest BCUT2D eigenvalue weighted by molar-refractivity contribution is 7.92. The molecule has 2 aromatic rings. The normalized spacial score (nSPS) is 12.3. The number of rotatable bonds is 9. The Balaban J connectivity index is 2.00. The summed E-state index contributed by atoms with van der Waals surface area (Å²) in [6.45, 7) is 6.15. The fraction of sp³-hybridized carbons (Fsp3) is 0.409. The number of anilines is 1. The fourth-order valence-corrected chi connectivity index (χ4v) is 4.51. The van der Waals surface area contributed by atoms with Crippen LogP contribution in [0.2, 0.25) is 5.02 Å². The second-order valence-electron chi connectivity index (χ2n) is 7.41. The van der Waals surface area contributed by atoms with E-state index in [0.29, 0.717) is 22.9 Å². The summed E-state index contributed by atoms with van der Waals surface area (Å²) in [5.74, 6) is 0.346. The molecular weight excluding hydrogens is 424 g/mol. The molecule has 2 aromatic carbocycles. The lowest BCUT2D eigenvalue weighted by atomic mass is 10.00. The van der Waals surface area contributed by atoms with Crippen molar-refractivity contribution in [3.8, 4) is 5.75 Å². The van der Waals surface area contributed by atoms with E-state index in [2.05, 4.69) is 11.4 Å². The number of halogens is 1. The molecule has 0 spiro atoms. The van der Waals surface area contributed by atoms with Crippen LogP contribution in [0.5, 0.6) is 5.75 Å². The van der Waals surface area contributed by atoms with Crippen molar-refractivity contribution in [1.29, 1.82) is 0 Å². The molecule has 0 saturated carbocycles.